The Balaban J connectivity index is 2.84. The molecule has 76 valence electrons. The Morgan fingerprint density at radius 3 is 2.36 bits per heavy atom. The van der Waals surface area contributed by atoms with E-state index in [1.54, 1.807) is 0 Å². The molecule has 0 spiro atoms. The molecule has 0 bridgehead atoms. The Morgan fingerprint density at radius 1 is 1.43 bits per heavy atom. The van der Waals surface area contributed by atoms with Crippen LogP contribution < -0.4 is 5.73 Å². The van der Waals surface area contributed by atoms with Crippen LogP contribution in [0.3, 0.4) is 0 Å². The quantitative estimate of drug-likeness (QED) is 0.799. The fourth-order valence-electron chi connectivity index (χ4n) is 0.985. The van der Waals surface area contributed by atoms with E-state index >= 15 is 0 Å². The number of benzene rings is 1. The summed E-state index contributed by atoms with van der Waals surface area (Å²) < 4.78 is 12.9. The number of rotatable bonds is 3. The number of aliphatic hydroxyl groups is 1. The Hall–Kier alpha value is -1.13. The molecule has 1 amide bonds. The normalized spacial score (nSPS) is 14.8. The van der Waals surface area contributed by atoms with Gasteiger partial charge in [0.2, 0.25) is 6.17 Å². The number of alkyl halides is 1. The van der Waals surface area contributed by atoms with Crippen molar-refractivity contribution in [3.63, 3.8) is 0 Å². The zero-order valence-corrected chi connectivity index (χ0v) is 7.91. The SMILES string of the molecule is NC(=O)C(F)C(O)c1ccc(Cl)cc1. The molecule has 0 fully saturated rings. The van der Waals surface area contributed by atoms with Gasteiger partial charge in [-0.05, 0) is 17.7 Å². The molecule has 2 unspecified atom stereocenters. The van der Waals surface area contributed by atoms with Crippen LogP contribution in [0.5, 0.6) is 0 Å². The summed E-state index contributed by atoms with van der Waals surface area (Å²) >= 11 is 5.59. The molecular formula is C9H9ClFNO2. The molecule has 3 nitrogen and oxygen atoms in total. The van der Waals surface area contributed by atoms with Crippen molar-refractivity contribution in [3.05, 3.63) is 34.9 Å². The number of hydrogen-bond donors (Lipinski definition) is 2. The predicted octanol–water partition coefficient (Wildman–Crippen LogP) is 1.20. The summed E-state index contributed by atoms with van der Waals surface area (Å²) in [4.78, 5) is 10.4. The van der Waals surface area contributed by atoms with E-state index in [1.807, 2.05) is 0 Å². The first kappa shape index (κ1) is 10.9. The van der Waals surface area contributed by atoms with Gasteiger partial charge in [-0.2, -0.15) is 0 Å². The van der Waals surface area contributed by atoms with E-state index in [0.717, 1.165) is 0 Å². The van der Waals surface area contributed by atoms with Crippen molar-refractivity contribution in [2.75, 3.05) is 0 Å². The maximum absolute atomic E-state index is 12.9. The molecule has 0 radical (unpaired) electrons. The zero-order chi connectivity index (χ0) is 10.7. The molecule has 14 heavy (non-hydrogen) atoms. The molecule has 0 saturated heterocycles. The van der Waals surface area contributed by atoms with Gasteiger partial charge < -0.3 is 10.8 Å². The van der Waals surface area contributed by atoms with Crippen LogP contribution in [-0.2, 0) is 4.79 Å². The number of nitrogens with two attached hydrogens (primary N) is 1. The second-order valence-corrected chi connectivity index (χ2v) is 3.24. The van der Waals surface area contributed by atoms with Crippen LogP contribution in [0.25, 0.3) is 0 Å². The standard InChI is InChI=1S/C9H9ClFNO2/c10-6-3-1-5(2-4-6)8(13)7(11)9(12)14/h1-4,7-8,13H,(H2,12,14). The Morgan fingerprint density at radius 2 is 1.93 bits per heavy atom. The summed E-state index contributed by atoms with van der Waals surface area (Å²) in [5.74, 6) is -1.19. The lowest BCUT2D eigenvalue weighted by atomic mass is 10.1. The van der Waals surface area contributed by atoms with Crippen LogP contribution in [0.2, 0.25) is 5.02 Å². The second kappa shape index (κ2) is 4.39. The number of carbonyl (C=O) groups excluding carboxylic acids is 1. The van der Waals surface area contributed by atoms with Crippen LogP contribution in [0.15, 0.2) is 24.3 Å². The lowest BCUT2D eigenvalue weighted by molar-refractivity contribution is -0.126. The zero-order valence-electron chi connectivity index (χ0n) is 7.15. The van der Waals surface area contributed by atoms with Crippen LogP contribution >= 0.6 is 11.6 Å². The van der Waals surface area contributed by atoms with Crippen molar-refractivity contribution in [2.24, 2.45) is 5.73 Å². The molecule has 0 heterocycles. The van der Waals surface area contributed by atoms with E-state index in [1.165, 1.54) is 24.3 Å². The van der Waals surface area contributed by atoms with Gasteiger partial charge in [-0.25, -0.2) is 4.39 Å². The summed E-state index contributed by atoms with van der Waals surface area (Å²) in [5.41, 5.74) is 4.97. The molecule has 5 heteroatoms. The smallest absolute Gasteiger partial charge is 0.255 e. The Labute approximate surface area is 85.3 Å². The predicted molar refractivity (Wildman–Crippen MR) is 50.5 cm³/mol. The largest absolute Gasteiger partial charge is 0.385 e. The molecule has 0 aliphatic heterocycles. The summed E-state index contributed by atoms with van der Waals surface area (Å²) in [6.07, 6.45) is -3.64. The van der Waals surface area contributed by atoms with E-state index in [4.69, 9.17) is 17.3 Å². The molecule has 2 atom stereocenters. The van der Waals surface area contributed by atoms with Crippen molar-refractivity contribution in [3.8, 4) is 0 Å². The second-order valence-electron chi connectivity index (χ2n) is 2.80. The van der Waals surface area contributed by atoms with Gasteiger partial charge in [-0.15, -0.1) is 0 Å². The topological polar surface area (TPSA) is 63.3 Å². The molecule has 0 aliphatic carbocycles. The van der Waals surface area contributed by atoms with E-state index in [9.17, 15) is 14.3 Å². The lowest BCUT2D eigenvalue weighted by Crippen LogP contribution is -2.30. The number of hydrogen-bond acceptors (Lipinski definition) is 2. The van der Waals surface area contributed by atoms with E-state index < -0.39 is 18.2 Å². The fourth-order valence-corrected chi connectivity index (χ4v) is 1.11. The molecule has 1 aromatic rings. The highest BCUT2D eigenvalue weighted by Gasteiger charge is 2.25. The number of aliphatic hydroxyl groups excluding tert-OH is 1. The maximum Gasteiger partial charge on any atom is 0.255 e. The van der Waals surface area contributed by atoms with Crippen LogP contribution in [0.1, 0.15) is 11.7 Å². The highest BCUT2D eigenvalue weighted by Crippen LogP contribution is 2.20. The minimum absolute atomic E-state index is 0.265. The molecule has 1 aromatic carbocycles. The third-order valence-electron chi connectivity index (χ3n) is 1.76. The van der Waals surface area contributed by atoms with E-state index in [0.29, 0.717) is 5.02 Å². The van der Waals surface area contributed by atoms with Gasteiger partial charge in [0, 0.05) is 5.02 Å². The van der Waals surface area contributed by atoms with Gasteiger partial charge >= 0.3 is 0 Å². The average Bonchev–Trinajstić information content (AvgIpc) is 2.16. The molecule has 1 rings (SSSR count). The first-order valence-electron chi connectivity index (χ1n) is 3.89. The number of carbonyl (C=O) groups is 1. The maximum atomic E-state index is 12.9. The summed E-state index contributed by atoms with van der Waals surface area (Å²) in [6, 6.07) is 5.85. The number of halogens is 2. The third-order valence-corrected chi connectivity index (χ3v) is 2.01. The van der Waals surface area contributed by atoms with Crippen molar-refractivity contribution in [1.29, 1.82) is 0 Å². The Kier molecular flexibility index (Phi) is 3.43. The summed E-state index contributed by atoms with van der Waals surface area (Å²) in [6.45, 7) is 0. The highest BCUT2D eigenvalue weighted by molar-refractivity contribution is 6.30. The van der Waals surface area contributed by atoms with Gasteiger partial charge in [-0.1, -0.05) is 23.7 Å². The van der Waals surface area contributed by atoms with Gasteiger partial charge in [0.1, 0.15) is 6.10 Å². The van der Waals surface area contributed by atoms with Gasteiger partial charge in [0.05, 0.1) is 0 Å². The minimum Gasteiger partial charge on any atom is -0.385 e. The van der Waals surface area contributed by atoms with Crippen LogP contribution in [0.4, 0.5) is 4.39 Å². The first-order valence-corrected chi connectivity index (χ1v) is 4.27. The van der Waals surface area contributed by atoms with Gasteiger partial charge in [-0.3, -0.25) is 4.79 Å². The van der Waals surface area contributed by atoms with Crippen molar-refractivity contribution in [1.82, 2.24) is 0 Å². The number of primary amides is 1. The molecule has 3 N–H and O–H groups in total. The fraction of sp³-hybridized carbons (Fsp3) is 0.222. The average molecular weight is 218 g/mol. The highest BCUT2D eigenvalue weighted by atomic mass is 35.5. The van der Waals surface area contributed by atoms with Gasteiger partial charge in [0.15, 0.2) is 0 Å². The molecule has 0 saturated carbocycles. The van der Waals surface area contributed by atoms with Crippen molar-refractivity contribution >= 4 is 17.5 Å². The molecule has 0 aromatic heterocycles. The summed E-state index contributed by atoms with van der Waals surface area (Å²) in [5, 5.41) is 9.80. The van der Waals surface area contributed by atoms with E-state index in [-0.39, 0.29) is 5.56 Å². The monoisotopic (exact) mass is 217 g/mol. The number of amides is 1. The van der Waals surface area contributed by atoms with Crippen LogP contribution in [-0.4, -0.2) is 17.2 Å². The van der Waals surface area contributed by atoms with Crippen LogP contribution in [0, 0.1) is 0 Å². The van der Waals surface area contributed by atoms with Gasteiger partial charge in [0.25, 0.3) is 5.91 Å². The van der Waals surface area contributed by atoms with E-state index in [2.05, 4.69) is 0 Å². The minimum atomic E-state index is -2.10. The van der Waals surface area contributed by atoms with Crippen molar-refractivity contribution in [2.45, 2.75) is 12.3 Å². The molecule has 0 aliphatic rings. The third kappa shape index (κ3) is 2.43. The molecular weight excluding hydrogens is 209 g/mol. The summed E-state index contributed by atoms with van der Waals surface area (Å²) in [7, 11) is 0. The first-order chi connectivity index (χ1) is 6.52. The lowest BCUT2D eigenvalue weighted by Gasteiger charge is -2.12. The Bertz CT molecular complexity index is 328. The van der Waals surface area contributed by atoms with Crippen molar-refractivity contribution < 1.29 is 14.3 Å².